The van der Waals surface area contributed by atoms with Crippen LogP contribution in [0.15, 0.2) is 24.8 Å². The van der Waals surface area contributed by atoms with Crippen LogP contribution in [0, 0.1) is 5.82 Å². The van der Waals surface area contributed by atoms with E-state index in [1.807, 2.05) is 17.9 Å². The van der Waals surface area contributed by atoms with Crippen molar-refractivity contribution in [3.05, 3.63) is 36.2 Å². The minimum Gasteiger partial charge on any atom is -0.379 e. The summed E-state index contributed by atoms with van der Waals surface area (Å²) in [6.07, 6.45) is 8.37. The van der Waals surface area contributed by atoms with Crippen molar-refractivity contribution in [1.29, 1.82) is 0 Å². The first-order valence-corrected chi connectivity index (χ1v) is 8.74. The second-order valence-corrected chi connectivity index (χ2v) is 6.69. The number of aryl methyl sites for hydroxylation is 1. The van der Waals surface area contributed by atoms with E-state index in [0.29, 0.717) is 12.0 Å². The summed E-state index contributed by atoms with van der Waals surface area (Å²) in [4.78, 5) is 13.1. The van der Waals surface area contributed by atoms with E-state index in [9.17, 15) is 4.39 Å². The van der Waals surface area contributed by atoms with Crippen LogP contribution in [0.25, 0.3) is 0 Å². The van der Waals surface area contributed by atoms with Crippen molar-refractivity contribution >= 4 is 5.95 Å². The maximum atomic E-state index is 13.2. The van der Waals surface area contributed by atoms with Crippen LogP contribution >= 0.6 is 0 Å². The zero-order valence-corrected chi connectivity index (χ0v) is 14.4. The number of ether oxygens (including phenoxy) is 1. The zero-order chi connectivity index (χ0) is 17.2. The molecule has 8 heteroatoms. The molecule has 4 rings (SSSR count). The van der Waals surface area contributed by atoms with E-state index >= 15 is 0 Å². The molecule has 0 saturated carbocycles. The smallest absolute Gasteiger partial charge is 0.225 e. The number of anilines is 1. The predicted octanol–water partition coefficient (Wildman–Crippen LogP) is 0.871. The minimum atomic E-state index is -0.406. The third-order valence-electron chi connectivity index (χ3n) is 5.09. The van der Waals surface area contributed by atoms with Crippen molar-refractivity contribution in [1.82, 2.24) is 24.6 Å². The topological polar surface area (TPSA) is 59.3 Å². The highest BCUT2D eigenvalue weighted by atomic mass is 19.1. The number of morpholine rings is 1. The highest BCUT2D eigenvalue weighted by Gasteiger charge is 2.39. The Bertz CT molecular complexity index is 699. The number of halogens is 1. The van der Waals surface area contributed by atoms with Gasteiger partial charge in [-0.2, -0.15) is 5.10 Å². The number of rotatable bonds is 4. The van der Waals surface area contributed by atoms with Gasteiger partial charge in [0.25, 0.3) is 0 Å². The van der Waals surface area contributed by atoms with E-state index in [1.165, 1.54) is 18.0 Å². The number of nitrogens with zero attached hydrogens (tertiary/aromatic N) is 6. The van der Waals surface area contributed by atoms with Crippen LogP contribution in [0.1, 0.15) is 12.0 Å². The summed E-state index contributed by atoms with van der Waals surface area (Å²) < 4.78 is 20.5. The first-order chi connectivity index (χ1) is 12.2. The molecule has 2 aliphatic heterocycles. The molecule has 4 heterocycles. The van der Waals surface area contributed by atoms with E-state index in [0.717, 1.165) is 45.7 Å². The van der Waals surface area contributed by atoms with Gasteiger partial charge in [0.05, 0.1) is 37.8 Å². The Hall–Kier alpha value is -2.06. The Kier molecular flexibility index (Phi) is 4.63. The van der Waals surface area contributed by atoms with Gasteiger partial charge in [-0.15, -0.1) is 0 Å². The first kappa shape index (κ1) is 16.4. The molecule has 0 spiro atoms. The third-order valence-corrected chi connectivity index (χ3v) is 5.09. The molecule has 0 unspecified atom stereocenters. The predicted molar refractivity (Wildman–Crippen MR) is 90.8 cm³/mol. The van der Waals surface area contributed by atoms with E-state index < -0.39 is 5.82 Å². The van der Waals surface area contributed by atoms with Crippen LogP contribution in [0.4, 0.5) is 10.3 Å². The highest BCUT2D eigenvalue weighted by molar-refractivity contribution is 5.35. The summed E-state index contributed by atoms with van der Waals surface area (Å²) in [5, 5.41) is 4.29. The summed E-state index contributed by atoms with van der Waals surface area (Å²) in [7, 11) is 1.93. The first-order valence-electron chi connectivity index (χ1n) is 8.74. The molecule has 25 heavy (non-hydrogen) atoms. The van der Waals surface area contributed by atoms with Crippen LogP contribution in [0.5, 0.6) is 0 Å². The number of aromatic nitrogens is 4. The Balaban J connectivity index is 1.59. The maximum Gasteiger partial charge on any atom is 0.225 e. The lowest BCUT2D eigenvalue weighted by atomic mass is 10.0. The fraction of sp³-hybridized carbons (Fsp3) is 0.588. The average molecular weight is 346 g/mol. The van der Waals surface area contributed by atoms with Gasteiger partial charge in [0.2, 0.25) is 5.95 Å². The molecule has 0 aromatic carbocycles. The zero-order valence-electron chi connectivity index (χ0n) is 14.4. The Morgan fingerprint density at radius 3 is 2.60 bits per heavy atom. The molecule has 7 nitrogen and oxygen atoms in total. The molecule has 2 saturated heterocycles. The lowest BCUT2D eigenvalue weighted by Crippen LogP contribution is -2.50. The van der Waals surface area contributed by atoms with E-state index in [1.54, 1.807) is 0 Å². The maximum absolute atomic E-state index is 13.2. The van der Waals surface area contributed by atoms with E-state index in [4.69, 9.17) is 4.74 Å². The van der Waals surface area contributed by atoms with Gasteiger partial charge in [0.15, 0.2) is 5.82 Å². The summed E-state index contributed by atoms with van der Waals surface area (Å²) in [5.74, 6) is 0.197. The van der Waals surface area contributed by atoms with Crippen molar-refractivity contribution in [2.45, 2.75) is 24.9 Å². The normalized spacial score (nSPS) is 24.8. The van der Waals surface area contributed by atoms with Crippen molar-refractivity contribution in [3.63, 3.8) is 0 Å². The molecule has 2 atom stereocenters. The van der Waals surface area contributed by atoms with Crippen LogP contribution in [-0.2, 0) is 18.2 Å². The Morgan fingerprint density at radius 2 is 1.92 bits per heavy atom. The number of hydrogen-bond acceptors (Lipinski definition) is 6. The highest BCUT2D eigenvalue weighted by Crippen LogP contribution is 2.29. The van der Waals surface area contributed by atoms with Crippen LogP contribution in [0.3, 0.4) is 0 Å². The van der Waals surface area contributed by atoms with Crippen molar-refractivity contribution < 1.29 is 9.13 Å². The molecule has 0 N–H and O–H groups in total. The van der Waals surface area contributed by atoms with Gasteiger partial charge in [-0.3, -0.25) is 9.58 Å². The molecule has 2 fully saturated rings. The average Bonchev–Trinajstić information content (AvgIpc) is 3.23. The quantitative estimate of drug-likeness (QED) is 0.819. The van der Waals surface area contributed by atoms with E-state index in [2.05, 4.69) is 31.1 Å². The molecule has 2 aromatic rings. The largest absolute Gasteiger partial charge is 0.379 e. The van der Waals surface area contributed by atoms with Gasteiger partial charge >= 0.3 is 0 Å². The molecule has 134 valence electrons. The second kappa shape index (κ2) is 7.05. The SMILES string of the molecule is Cn1cc(C[C@H]2[C@H](N3CCOCC3)CCN2c2ncc(F)cn2)cn1. The summed E-state index contributed by atoms with van der Waals surface area (Å²) in [5.41, 5.74) is 1.19. The molecule has 2 aliphatic rings. The van der Waals surface area contributed by atoms with Crippen molar-refractivity contribution in [2.24, 2.45) is 7.05 Å². The number of hydrogen-bond donors (Lipinski definition) is 0. The summed E-state index contributed by atoms with van der Waals surface area (Å²) in [6.45, 7) is 4.34. The molecule has 0 radical (unpaired) electrons. The summed E-state index contributed by atoms with van der Waals surface area (Å²) in [6, 6.07) is 0.658. The molecule has 0 bridgehead atoms. The molecular formula is C17H23FN6O. The van der Waals surface area contributed by atoms with Gasteiger partial charge in [-0.25, -0.2) is 14.4 Å². The Morgan fingerprint density at radius 1 is 1.16 bits per heavy atom. The van der Waals surface area contributed by atoms with E-state index in [-0.39, 0.29) is 6.04 Å². The second-order valence-electron chi connectivity index (χ2n) is 6.69. The van der Waals surface area contributed by atoms with Crippen LogP contribution in [-0.4, -0.2) is 69.6 Å². The third kappa shape index (κ3) is 3.50. The molecular weight excluding hydrogens is 323 g/mol. The lowest BCUT2D eigenvalue weighted by molar-refractivity contribution is 0.0149. The van der Waals surface area contributed by atoms with Crippen LogP contribution in [0.2, 0.25) is 0 Å². The molecule has 0 amide bonds. The van der Waals surface area contributed by atoms with Gasteiger partial charge in [-0.05, 0) is 18.4 Å². The van der Waals surface area contributed by atoms with Crippen molar-refractivity contribution in [2.75, 3.05) is 37.7 Å². The van der Waals surface area contributed by atoms with Gasteiger partial charge < -0.3 is 9.64 Å². The lowest BCUT2D eigenvalue weighted by Gasteiger charge is -2.37. The van der Waals surface area contributed by atoms with Gasteiger partial charge in [0.1, 0.15) is 0 Å². The van der Waals surface area contributed by atoms with Gasteiger partial charge in [0, 0.05) is 38.9 Å². The minimum absolute atomic E-state index is 0.243. The van der Waals surface area contributed by atoms with Crippen LogP contribution < -0.4 is 4.90 Å². The molecule has 0 aliphatic carbocycles. The standard InChI is InChI=1S/C17H23FN6O/c1-22-12-13(9-21-22)8-16-15(23-4-6-25-7-5-23)2-3-24(16)17-19-10-14(18)11-20-17/h9-12,15-16H,2-8H2,1H3/t15-,16+/m1/s1. The summed E-state index contributed by atoms with van der Waals surface area (Å²) >= 11 is 0. The van der Waals surface area contributed by atoms with Crippen molar-refractivity contribution in [3.8, 4) is 0 Å². The molecule has 2 aromatic heterocycles. The fourth-order valence-corrected chi connectivity index (χ4v) is 3.94. The monoisotopic (exact) mass is 346 g/mol. The fourth-order valence-electron chi connectivity index (χ4n) is 3.94. The van der Waals surface area contributed by atoms with Gasteiger partial charge in [-0.1, -0.05) is 0 Å². The Labute approximate surface area is 146 Å².